The topological polar surface area (TPSA) is 118 Å². The van der Waals surface area contributed by atoms with Crippen molar-refractivity contribution in [3.8, 4) is 11.4 Å². The highest BCUT2D eigenvalue weighted by atomic mass is 35.5. The SMILES string of the molecule is O=c1c(OC2CCC(O)CC2)c(N2CCN(S(=O)(=O)c3ccccn3)CC2)cnn1-c1cccc(Cl)c1. The highest BCUT2D eigenvalue weighted by molar-refractivity contribution is 7.89. The molecule has 1 aliphatic carbocycles. The summed E-state index contributed by atoms with van der Waals surface area (Å²) in [6.07, 6.45) is 4.96. The molecule has 1 aliphatic heterocycles. The van der Waals surface area contributed by atoms with Crippen LogP contribution in [0.15, 0.2) is 64.7 Å². The van der Waals surface area contributed by atoms with E-state index in [2.05, 4.69) is 10.1 Å². The molecule has 37 heavy (non-hydrogen) atoms. The van der Waals surface area contributed by atoms with E-state index in [-0.39, 0.29) is 36.1 Å². The predicted octanol–water partition coefficient (Wildman–Crippen LogP) is 2.47. The third-order valence-corrected chi connectivity index (χ3v) is 8.77. The van der Waals surface area contributed by atoms with Crippen LogP contribution in [0.1, 0.15) is 25.7 Å². The number of rotatable bonds is 6. The molecule has 0 atom stereocenters. The summed E-state index contributed by atoms with van der Waals surface area (Å²) in [4.78, 5) is 19.6. The van der Waals surface area contributed by atoms with Gasteiger partial charge in [0.05, 0.1) is 24.1 Å². The third kappa shape index (κ3) is 5.49. The van der Waals surface area contributed by atoms with Crippen LogP contribution in [0.3, 0.4) is 0 Å². The van der Waals surface area contributed by atoms with E-state index >= 15 is 0 Å². The second-order valence-corrected chi connectivity index (χ2v) is 11.5. The van der Waals surface area contributed by atoms with Crippen molar-refractivity contribution >= 4 is 27.3 Å². The Balaban J connectivity index is 1.43. The van der Waals surface area contributed by atoms with E-state index in [0.29, 0.717) is 55.2 Å². The highest BCUT2D eigenvalue weighted by Crippen LogP contribution is 2.30. The fourth-order valence-corrected chi connectivity index (χ4v) is 6.23. The van der Waals surface area contributed by atoms with Gasteiger partial charge in [-0.3, -0.25) is 4.79 Å². The number of aliphatic hydroxyl groups is 1. The lowest BCUT2D eigenvalue weighted by Gasteiger charge is -2.36. The molecule has 1 saturated heterocycles. The molecule has 0 amide bonds. The maximum absolute atomic E-state index is 13.6. The van der Waals surface area contributed by atoms with Crippen molar-refractivity contribution in [2.45, 2.75) is 42.9 Å². The number of aliphatic hydroxyl groups excluding tert-OH is 1. The number of nitrogens with zero attached hydrogens (tertiary/aromatic N) is 5. The van der Waals surface area contributed by atoms with Crippen LogP contribution >= 0.6 is 11.6 Å². The maximum Gasteiger partial charge on any atom is 0.316 e. The molecular weight excluding hydrogens is 518 g/mol. The van der Waals surface area contributed by atoms with Gasteiger partial charge in [-0.25, -0.2) is 13.4 Å². The van der Waals surface area contributed by atoms with Crippen molar-refractivity contribution in [3.05, 3.63) is 70.2 Å². The first-order chi connectivity index (χ1) is 17.8. The normalized spacial score (nSPS) is 21.1. The lowest BCUT2D eigenvalue weighted by atomic mass is 9.95. The summed E-state index contributed by atoms with van der Waals surface area (Å²) in [6.45, 7) is 1.17. The Bertz CT molecular complexity index is 1400. The summed E-state index contributed by atoms with van der Waals surface area (Å²) in [6, 6.07) is 11.6. The van der Waals surface area contributed by atoms with Crippen molar-refractivity contribution in [2.75, 3.05) is 31.1 Å². The summed E-state index contributed by atoms with van der Waals surface area (Å²) in [5.41, 5.74) is 0.609. The monoisotopic (exact) mass is 545 g/mol. The van der Waals surface area contributed by atoms with Crippen LogP contribution in [-0.2, 0) is 10.0 Å². The molecule has 3 aromatic rings. The second kappa shape index (κ2) is 10.8. The van der Waals surface area contributed by atoms with Gasteiger partial charge in [0.1, 0.15) is 5.69 Å². The van der Waals surface area contributed by atoms with Gasteiger partial charge in [-0.1, -0.05) is 23.7 Å². The predicted molar refractivity (Wildman–Crippen MR) is 139 cm³/mol. The zero-order valence-corrected chi connectivity index (χ0v) is 21.7. The van der Waals surface area contributed by atoms with Gasteiger partial charge in [0, 0.05) is 37.4 Å². The van der Waals surface area contributed by atoms with E-state index in [9.17, 15) is 18.3 Å². The Hall–Kier alpha value is -2.99. The summed E-state index contributed by atoms with van der Waals surface area (Å²) >= 11 is 6.14. The van der Waals surface area contributed by atoms with E-state index in [1.807, 2.05) is 4.90 Å². The van der Waals surface area contributed by atoms with Crippen LogP contribution in [0.2, 0.25) is 5.02 Å². The number of pyridine rings is 1. The molecule has 1 saturated carbocycles. The van der Waals surface area contributed by atoms with Gasteiger partial charge in [0.15, 0.2) is 5.03 Å². The van der Waals surface area contributed by atoms with Gasteiger partial charge in [0.2, 0.25) is 5.75 Å². The van der Waals surface area contributed by atoms with Crippen LogP contribution in [-0.4, -0.2) is 71.0 Å². The van der Waals surface area contributed by atoms with Gasteiger partial charge < -0.3 is 14.7 Å². The number of ether oxygens (including phenoxy) is 1. The van der Waals surface area contributed by atoms with E-state index in [0.717, 1.165) is 0 Å². The molecule has 10 nitrogen and oxygen atoms in total. The van der Waals surface area contributed by atoms with Gasteiger partial charge in [0.25, 0.3) is 10.0 Å². The van der Waals surface area contributed by atoms with Crippen LogP contribution in [0, 0.1) is 0 Å². The molecular formula is C25H28ClN5O5S. The second-order valence-electron chi connectivity index (χ2n) is 9.16. The molecule has 5 rings (SSSR count). The van der Waals surface area contributed by atoms with Gasteiger partial charge >= 0.3 is 5.56 Å². The number of halogens is 1. The average Bonchev–Trinajstić information content (AvgIpc) is 2.91. The number of sulfonamides is 1. The van der Waals surface area contributed by atoms with Gasteiger partial charge in [-0.05, 0) is 56.0 Å². The van der Waals surface area contributed by atoms with Crippen LogP contribution in [0.5, 0.6) is 5.75 Å². The summed E-state index contributed by atoms with van der Waals surface area (Å²) in [5, 5.41) is 14.8. The Kier molecular flexibility index (Phi) is 7.47. The smallest absolute Gasteiger partial charge is 0.316 e. The third-order valence-electron chi connectivity index (χ3n) is 6.72. The Morgan fingerprint density at radius 1 is 1.00 bits per heavy atom. The van der Waals surface area contributed by atoms with Gasteiger partial charge in [-0.15, -0.1) is 0 Å². The van der Waals surface area contributed by atoms with E-state index < -0.39 is 15.6 Å². The number of hydrogen-bond acceptors (Lipinski definition) is 8. The highest BCUT2D eigenvalue weighted by Gasteiger charge is 2.32. The van der Waals surface area contributed by atoms with Crippen molar-refractivity contribution in [1.29, 1.82) is 0 Å². The van der Waals surface area contributed by atoms with Crippen molar-refractivity contribution in [2.24, 2.45) is 0 Å². The van der Waals surface area contributed by atoms with Crippen molar-refractivity contribution < 1.29 is 18.3 Å². The number of aromatic nitrogens is 3. The van der Waals surface area contributed by atoms with Crippen LogP contribution < -0.4 is 15.2 Å². The first kappa shape index (κ1) is 25.7. The molecule has 3 heterocycles. The van der Waals surface area contributed by atoms with E-state index in [4.69, 9.17) is 16.3 Å². The molecule has 196 valence electrons. The average molecular weight is 546 g/mol. The molecule has 0 radical (unpaired) electrons. The fourth-order valence-electron chi connectivity index (χ4n) is 4.69. The van der Waals surface area contributed by atoms with Gasteiger partial charge in [-0.2, -0.15) is 14.1 Å². The number of hydrogen-bond donors (Lipinski definition) is 1. The maximum atomic E-state index is 13.6. The number of piperazine rings is 1. The molecule has 1 aromatic carbocycles. The number of benzene rings is 1. The molecule has 0 bridgehead atoms. The largest absolute Gasteiger partial charge is 0.483 e. The minimum atomic E-state index is -3.71. The first-order valence-corrected chi connectivity index (χ1v) is 14.0. The van der Waals surface area contributed by atoms with Crippen molar-refractivity contribution in [1.82, 2.24) is 19.1 Å². The fraction of sp³-hybridized carbons (Fsp3) is 0.400. The Morgan fingerprint density at radius 3 is 2.43 bits per heavy atom. The molecule has 2 fully saturated rings. The minimum Gasteiger partial charge on any atom is -0.483 e. The van der Waals surface area contributed by atoms with E-state index in [1.165, 1.54) is 21.3 Å². The van der Waals surface area contributed by atoms with Crippen LogP contribution in [0.25, 0.3) is 5.69 Å². The minimum absolute atomic E-state index is 0.0118. The molecule has 1 N–H and O–H groups in total. The molecule has 0 unspecified atom stereocenters. The Morgan fingerprint density at radius 2 is 1.76 bits per heavy atom. The molecule has 2 aliphatic rings. The molecule has 0 spiro atoms. The summed E-state index contributed by atoms with van der Waals surface area (Å²) in [7, 11) is -3.71. The standard InChI is InChI=1S/C25H28ClN5O5S/c26-18-4-3-5-19(16-18)31-25(33)24(36-21-9-7-20(32)8-10-21)22(17-28-31)29-12-14-30(15-13-29)37(34,35)23-6-1-2-11-27-23/h1-6,11,16-17,20-21,32H,7-10,12-15H2. The zero-order valence-electron chi connectivity index (χ0n) is 20.1. The molecule has 12 heteroatoms. The quantitative estimate of drug-likeness (QED) is 0.502. The lowest BCUT2D eigenvalue weighted by Crippen LogP contribution is -2.49. The lowest BCUT2D eigenvalue weighted by molar-refractivity contribution is 0.0658. The van der Waals surface area contributed by atoms with E-state index in [1.54, 1.807) is 42.6 Å². The summed E-state index contributed by atoms with van der Waals surface area (Å²) in [5.74, 6) is 0.164. The Labute approximate surface area is 220 Å². The van der Waals surface area contributed by atoms with Crippen LogP contribution in [0.4, 0.5) is 5.69 Å². The first-order valence-electron chi connectivity index (χ1n) is 12.2. The summed E-state index contributed by atoms with van der Waals surface area (Å²) < 4.78 is 34.9. The zero-order chi connectivity index (χ0) is 26.0. The van der Waals surface area contributed by atoms with Crippen molar-refractivity contribution in [3.63, 3.8) is 0 Å². The molecule has 2 aromatic heterocycles. The number of anilines is 1.